The van der Waals surface area contributed by atoms with Crippen LogP contribution in [0, 0.1) is 0 Å². The van der Waals surface area contributed by atoms with E-state index in [4.69, 9.17) is 16.7 Å². The summed E-state index contributed by atoms with van der Waals surface area (Å²) in [6.45, 7) is 1.16. The molecular formula is C14H13ClN2O2S. The number of amides is 1. The van der Waals surface area contributed by atoms with E-state index in [-0.39, 0.29) is 5.25 Å². The highest BCUT2D eigenvalue weighted by atomic mass is 35.5. The van der Waals surface area contributed by atoms with Gasteiger partial charge in [-0.1, -0.05) is 11.6 Å². The normalized spacial score (nSPS) is 18.6. The van der Waals surface area contributed by atoms with Gasteiger partial charge in [0, 0.05) is 41.0 Å². The lowest BCUT2D eigenvalue weighted by atomic mass is 10.2. The van der Waals surface area contributed by atoms with E-state index >= 15 is 0 Å². The summed E-state index contributed by atoms with van der Waals surface area (Å²) in [6.07, 6.45) is 3.56. The van der Waals surface area contributed by atoms with Gasteiger partial charge in [0.1, 0.15) is 0 Å². The van der Waals surface area contributed by atoms with Crippen LogP contribution < -0.4 is 0 Å². The van der Waals surface area contributed by atoms with E-state index in [1.165, 1.54) is 4.90 Å². The maximum atomic E-state index is 10.9. The molecule has 1 aliphatic heterocycles. The zero-order valence-electron chi connectivity index (χ0n) is 10.6. The molecule has 20 heavy (non-hydrogen) atoms. The van der Waals surface area contributed by atoms with Crippen molar-refractivity contribution in [2.45, 2.75) is 16.6 Å². The SMILES string of the molecule is O=C(O)N1CC[C@H](Sc2cc3ccncc3cc2Cl)C1. The van der Waals surface area contributed by atoms with Gasteiger partial charge in [-0.15, -0.1) is 11.8 Å². The number of nitrogens with zero attached hydrogens (tertiary/aromatic N) is 2. The molecule has 1 aromatic carbocycles. The Labute approximate surface area is 125 Å². The molecule has 0 aliphatic carbocycles. The number of rotatable bonds is 2. The second-order valence-electron chi connectivity index (χ2n) is 4.76. The fraction of sp³-hybridized carbons (Fsp3) is 0.286. The Morgan fingerprint density at radius 2 is 2.30 bits per heavy atom. The summed E-state index contributed by atoms with van der Waals surface area (Å²) >= 11 is 7.96. The third-order valence-electron chi connectivity index (χ3n) is 3.40. The fourth-order valence-electron chi connectivity index (χ4n) is 2.36. The largest absolute Gasteiger partial charge is 0.465 e. The first kappa shape index (κ1) is 13.5. The molecule has 1 N–H and O–H groups in total. The van der Waals surface area contributed by atoms with E-state index in [1.54, 1.807) is 24.2 Å². The zero-order valence-corrected chi connectivity index (χ0v) is 12.2. The van der Waals surface area contributed by atoms with Crippen LogP contribution in [0.2, 0.25) is 5.02 Å². The molecular weight excluding hydrogens is 296 g/mol. The molecule has 1 fully saturated rings. The number of pyridine rings is 1. The van der Waals surface area contributed by atoms with Crippen LogP contribution in [-0.2, 0) is 0 Å². The van der Waals surface area contributed by atoms with Crippen LogP contribution in [-0.4, -0.2) is 39.4 Å². The van der Waals surface area contributed by atoms with Crippen molar-refractivity contribution in [2.24, 2.45) is 0 Å². The summed E-state index contributed by atoms with van der Waals surface area (Å²) < 4.78 is 0. The molecule has 3 rings (SSSR count). The second kappa shape index (κ2) is 5.50. The number of likely N-dealkylation sites (tertiary alicyclic amines) is 1. The summed E-state index contributed by atoms with van der Waals surface area (Å²) in [6, 6.07) is 5.91. The van der Waals surface area contributed by atoms with Gasteiger partial charge in [-0.2, -0.15) is 0 Å². The Kier molecular flexibility index (Phi) is 3.72. The molecule has 0 spiro atoms. The number of thioether (sulfide) groups is 1. The molecule has 104 valence electrons. The minimum atomic E-state index is -0.844. The van der Waals surface area contributed by atoms with Gasteiger partial charge in [0.2, 0.25) is 0 Å². The molecule has 1 aliphatic rings. The Hall–Kier alpha value is -1.46. The average Bonchev–Trinajstić information content (AvgIpc) is 2.88. The minimum absolute atomic E-state index is 0.267. The van der Waals surface area contributed by atoms with Crippen molar-refractivity contribution in [3.05, 3.63) is 35.6 Å². The predicted octanol–water partition coefficient (Wildman–Crippen LogP) is 3.73. The molecule has 0 radical (unpaired) electrons. The second-order valence-corrected chi connectivity index (χ2v) is 6.51. The molecule has 1 saturated heterocycles. The van der Waals surface area contributed by atoms with Crippen LogP contribution in [0.15, 0.2) is 35.5 Å². The van der Waals surface area contributed by atoms with Crippen LogP contribution in [0.1, 0.15) is 6.42 Å². The van der Waals surface area contributed by atoms with E-state index in [2.05, 4.69) is 4.98 Å². The summed E-state index contributed by atoms with van der Waals surface area (Å²) in [7, 11) is 0. The molecule has 1 amide bonds. The van der Waals surface area contributed by atoms with Gasteiger partial charge in [-0.05, 0) is 30.0 Å². The van der Waals surface area contributed by atoms with Crippen molar-refractivity contribution in [2.75, 3.05) is 13.1 Å². The van der Waals surface area contributed by atoms with Gasteiger partial charge in [0.15, 0.2) is 0 Å². The van der Waals surface area contributed by atoms with Gasteiger partial charge in [-0.3, -0.25) is 4.98 Å². The van der Waals surface area contributed by atoms with Crippen molar-refractivity contribution in [3.8, 4) is 0 Å². The molecule has 0 saturated carbocycles. The van der Waals surface area contributed by atoms with E-state index in [0.29, 0.717) is 18.1 Å². The molecule has 0 unspecified atom stereocenters. The highest BCUT2D eigenvalue weighted by molar-refractivity contribution is 8.00. The number of benzene rings is 1. The maximum absolute atomic E-state index is 10.9. The minimum Gasteiger partial charge on any atom is -0.465 e. The lowest BCUT2D eigenvalue weighted by Gasteiger charge is -2.13. The van der Waals surface area contributed by atoms with Crippen molar-refractivity contribution >= 4 is 40.2 Å². The molecule has 0 bridgehead atoms. The standard InChI is InChI=1S/C14H13ClN2O2S/c15-12-5-10-7-16-3-1-9(10)6-13(12)20-11-2-4-17(8-11)14(18)19/h1,3,5-7,11H,2,4,8H2,(H,18,19)/t11-/m0/s1. The van der Waals surface area contributed by atoms with Crippen molar-refractivity contribution in [1.82, 2.24) is 9.88 Å². The van der Waals surface area contributed by atoms with Gasteiger partial charge in [-0.25, -0.2) is 4.79 Å². The predicted molar refractivity (Wildman–Crippen MR) is 80.6 cm³/mol. The molecule has 1 aromatic heterocycles. The van der Waals surface area contributed by atoms with E-state index in [0.717, 1.165) is 22.1 Å². The number of carboxylic acid groups (broad SMARTS) is 1. The van der Waals surface area contributed by atoms with Gasteiger partial charge in [0.05, 0.1) is 5.02 Å². The monoisotopic (exact) mass is 308 g/mol. The Balaban J connectivity index is 1.81. The lowest BCUT2D eigenvalue weighted by molar-refractivity contribution is 0.156. The van der Waals surface area contributed by atoms with Gasteiger partial charge < -0.3 is 10.0 Å². The van der Waals surface area contributed by atoms with Crippen molar-refractivity contribution in [1.29, 1.82) is 0 Å². The van der Waals surface area contributed by atoms with Crippen molar-refractivity contribution in [3.63, 3.8) is 0 Å². The first-order valence-corrected chi connectivity index (χ1v) is 7.57. The fourth-order valence-corrected chi connectivity index (χ4v) is 3.86. The number of hydrogen-bond donors (Lipinski definition) is 1. The quantitative estimate of drug-likeness (QED) is 0.918. The Bertz CT molecular complexity index is 665. The van der Waals surface area contributed by atoms with Crippen LogP contribution in [0.25, 0.3) is 10.8 Å². The molecule has 6 heteroatoms. The van der Waals surface area contributed by atoms with E-state index < -0.39 is 6.09 Å². The van der Waals surface area contributed by atoms with E-state index in [1.807, 2.05) is 18.2 Å². The van der Waals surface area contributed by atoms with E-state index in [9.17, 15) is 4.79 Å². The third kappa shape index (κ3) is 2.69. The number of hydrogen-bond acceptors (Lipinski definition) is 3. The Morgan fingerprint density at radius 3 is 3.05 bits per heavy atom. The van der Waals surface area contributed by atoms with Crippen LogP contribution in [0.4, 0.5) is 4.79 Å². The zero-order chi connectivity index (χ0) is 14.1. The van der Waals surface area contributed by atoms with Crippen LogP contribution in [0.3, 0.4) is 0 Å². The molecule has 1 atom stereocenters. The van der Waals surface area contributed by atoms with Crippen LogP contribution >= 0.6 is 23.4 Å². The Morgan fingerprint density at radius 1 is 1.45 bits per heavy atom. The van der Waals surface area contributed by atoms with Crippen LogP contribution in [0.5, 0.6) is 0 Å². The summed E-state index contributed by atoms with van der Waals surface area (Å²) in [5, 5.41) is 12.1. The number of halogens is 1. The van der Waals surface area contributed by atoms with Crippen molar-refractivity contribution < 1.29 is 9.90 Å². The number of carbonyl (C=O) groups is 1. The summed E-state index contributed by atoms with van der Waals surface area (Å²) in [5.74, 6) is 0. The topological polar surface area (TPSA) is 53.4 Å². The highest BCUT2D eigenvalue weighted by Crippen LogP contribution is 2.36. The summed E-state index contributed by atoms with van der Waals surface area (Å²) in [5.41, 5.74) is 0. The molecule has 4 nitrogen and oxygen atoms in total. The van der Waals surface area contributed by atoms with Gasteiger partial charge >= 0.3 is 6.09 Å². The highest BCUT2D eigenvalue weighted by Gasteiger charge is 2.27. The maximum Gasteiger partial charge on any atom is 0.407 e. The number of fused-ring (bicyclic) bond motifs is 1. The summed E-state index contributed by atoms with van der Waals surface area (Å²) in [4.78, 5) is 17.5. The molecule has 2 aromatic rings. The average molecular weight is 309 g/mol. The third-order valence-corrected chi connectivity index (χ3v) is 5.14. The first-order chi connectivity index (χ1) is 9.63. The lowest BCUT2D eigenvalue weighted by Crippen LogP contribution is -2.26. The van der Waals surface area contributed by atoms with Gasteiger partial charge in [0.25, 0.3) is 0 Å². The first-order valence-electron chi connectivity index (χ1n) is 6.31. The number of aromatic nitrogens is 1. The smallest absolute Gasteiger partial charge is 0.407 e. The molecule has 2 heterocycles.